The van der Waals surface area contributed by atoms with E-state index in [1.807, 2.05) is 18.2 Å². The Morgan fingerprint density at radius 1 is 1.07 bits per heavy atom. The molecule has 0 atom stereocenters. The summed E-state index contributed by atoms with van der Waals surface area (Å²) in [7, 11) is -1.15. The Morgan fingerprint density at radius 3 is 2.41 bits per heavy atom. The molecular weight excluding hydrogens is 388 g/mol. The van der Waals surface area contributed by atoms with Crippen LogP contribution in [0.25, 0.3) is 23.5 Å². The number of hydrogen-bond acceptors (Lipinski definition) is 5. The maximum Gasteiger partial charge on any atom is 0.324 e. The smallest absolute Gasteiger partial charge is 0.324 e. The van der Waals surface area contributed by atoms with Crippen LogP contribution in [-0.2, 0) is 10.2 Å². The third-order valence-electron chi connectivity index (χ3n) is 3.74. The standard InChI is InChI=1S/C18H17ClN4O3S/c1-22(2)27(25,26)23-18(14-8-4-6-10-16(14)24)20-17(21-23)12-11-13-7-3-5-9-15(13)19/h3-12,24H,1-2H3. The highest BCUT2D eigenvalue weighted by Crippen LogP contribution is 2.29. The summed E-state index contributed by atoms with van der Waals surface area (Å²) in [6.45, 7) is 0. The molecule has 0 aliphatic heterocycles. The zero-order chi connectivity index (χ0) is 19.6. The van der Waals surface area contributed by atoms with Crippen LogP contribution in [0.5, 0.6) is 5.75 Å². The van der Waals surface area contributed by atoms with Crippen LogP contribution in [0.15, 0.2) is 48.5 Å². The zero-order valence-corrected chi connectivity index (χ0v) is 16.2. The summed E-state index contributed by atoms with van der Waals surface area (Å²) >= 11 is 6.12. The average Bonchev–Trinajstić information content (AvgIpc) is 3.06. The Kier molecular flexibility index (Phi) is 5.31. The molecule has 0 spiro atoms. The maximum atomic E-state index is 12.6. The van der Waals surface area contributed by atoms with Gasteiger partial charge in [-0.05, 0) is 35.9 Å². The first kappa shape index (κ1) is 19.1. The van der Waals surface area contributed by atoms with E-state index in [0.717, 1.165) is 14.0 Å². The van der Waals surface area contributed by atoms with Crippen molar-refractivity contribution in [2.24, 2.45) is 0 Å². The molecule has 9 heteroatoms. The molecule has 0 saturated carbocycles. The van der Waals surface area contributed by atoms with E-state index in [2.05, 4.69) is 10.1 Å². The van der Waals surface area contributed by atoms with Crippen LogP contribution in [-0.4, -0.2) is 46.1 Å². The highest BCUT2D eigenvalue weighted by Gasteiger charge is 2.25. The van der Waals surface area contributed by atoms with Gasteiger partial charge in [-0.25, -0.2) is 4.98 Å². The Bertz CT molecular complexity index is 1110. The van der Waals surface area contributed by atoms with E-state index >= 15 is 0 Å². The summed E-state index contributed by atoms with van der Waals surface area (Å²) in [6, 6.07) is 13.5. The number of phenolic OH excluding ortho intramolecular Hbond substituents is 1. The van der Waals surface area contributed by atoms with Gasteiger partial charge in [0.1, 0.15) is 5.75 Å². The summed E-state index contributed by atoms with van der Waals surface area (Å²) in [5.41, 5.74) is 1.00. The van der Waals surface area contributed by atoms with Crippen molar-refractivity contribution >= 4 is 34.0 Å². The van der Waals surface area contributed by atoms with Gasteiger partial charge in [-0.1, -0.05) is 41.9 Å². The first-order valence-electron chi connectivity index (χ1n) is 7.92. The predicted octanol–water partition coefficient (Wildman–Crippen LogP) is 3.13. The zero-order valence-electron chi connectivity index (χ0n) is 14.6. The van der Waals surface area contributed by atoms with Gasteiger partial charge < -0.3 is 5.11 Å². The minimum Gasteiger partial charge on any atom is -0.507 e. The van der Waals surface area contributed by atoms with Crippen molar-refractivity contribution in [2.75, 3.05) is 14.1 Å². The van der Waals surface area contributed by atoms with Crippen molar-refractivity contribution in [3.8, 4) is 17.1 Å². The molecule has 3 rings (SSSR count). The number of halogens is 1. The third kappa shape index (κ3) is 3.87. The number of phenols is 1. The highest BCUT2D eigenvalue weighted by molar-refractivity contribution is 7.87. The van der Waals surface area contributed by atoms with Gasteiger partial charge in [0.15, 0.2) is 11.6 Å². The molecule has 7 nitrogen and oxygen atoms in total. The summed E-state index contributed by atoms with van der Waals surface area (Å²) in [5.74, 6) is 0.0842. The molecule has 0 bridgehead atoms. The van der Waals surface area contributed by atoms with Gasteiger partial charge in [0.05, 0.1) is 5.56 Å². The Hall–Kier alpha value is -2.68. The Balaban J connectivity index is 2.13. The topological polar surface area (TPSA) is 88.3 Å². The molecule has 27 heavy (non-hydrogen) atoms. The molecular formula is C18H17ClN4O3S. The molecule has 0 aliphatic carbocycles. The number of aromatic hydroxyl groups is 1. The van der Waals surface area contributed by atoms with Crippen molar-refractivity contribution < 1.29 is 13.5 Å². The van der Waals surface area contributed by atoms with Crippen molar-refractivity contribution in [3.05, 3.63) is 64.9 Å². The molecule has 0 fully saturated rings. The van der Waals surface area contributed by atoms with Crippen molar-refractivity contribution in [2.45, 2.75) is 0 Å². The fraction of sp³-hybridized carbons (Fsp3) is 0.111. The van der Waals surface area contributed by atoms with Gasteiger partial charge in [0.2, 0.25) is 0 Å². The van der Waals surface area contributed by atoms with Gasteiger partial charge in [0.25, 0.3) is 0 Å². The number of benzene rings is 2. The molecule has 140 valence electrons. The number of hydrogen-bond donors (Lipinski definition) is 1. The SMILES string of the molecule is CN(C)S(=O)(=O)n1nc(C=Cc2ccccc2Cl)nc1-c1ccccc1O. The number of aromatic nitrogens is 3. The lowest BCUT2D eigenvalue weighted by molar-refractivity contribution is 0.476. The van der Waals surface area contributed by atoms with E-state index < -0.39 is 10.2 Å². The summed E-state index contributed by atoms with van der Waals surface area (Å²) in [5, 5.41) is 14.8. The van der Waals surface area contributed by atoms with E-state index in [0.29, 0.717) is 5.02 Å². The lowest BCUT2D eigenvalue weighted by atomic mass is 10.2. The molecule has 0 radical (unpaired) electrons. The number of para-hydroxylation sites is 1. The van der Waals surface area contributed by atoms with Gasteiger partial charge in [-0.3, -0.25) is 0 Å². The monoisotopic (exact) mass is 404 g/mol. The van der Waals surface area contributed by atoms with E-state index in [9.17, 15) is 13.5 Å². The Labute approximate surface area is 162 Å². The maximum absolute atomic E-state index is 12.6. The molecule has 1 heterocycles. The van der Waals surface area contributed by atoms with Gasteiger partial charge in [0, 0.05) is 19.1 Å². The highest BCUT2D eigenvalue weighted by atomic mass is 35.5. The lowest BCUT2D eigenvalue weighted by Gasteiger charge is -2.12. The quantitative estimate of drug-likeness (QED) is 0.705. The molecule has 2 aromatic carbocycles. The first-order valence-corrected chi connectivity index (χ1v) is 9.69. The van der Waals surface area contributed by atoms with Crippen LogP contribution in [0.4, 0.5) is 0 Å². The molecule has 0 saturated heterocycles. The van der Waals surface area contributed by atoms with Crippen molar-refractivity contribution in [1.82, 2.24) is 18.5 Å². The van der Waals surface area contributed by atoms with Crippen LogP contribution in [0, 0.1) is 0 Å². The molecule has 1 aromatic heterocycles. The second-order valence-electron chi connectivity index (χ2n) is 5.80. The third-order valence-corrected chi connectivity index (χ3v) is 5.70. The van der Waals surface area contributed by atoms with Crippen LogP contribution >= 0.6 is 11.6 Å². The summed E-state index contributed by atoms with van der Waals surface area (Å²) < 4.78 is 27.1. The molecule has 0 unspecified atom stereocenters. The first-order chi connectivity index (χ1) is 12.8. The van der Waals surface area contributed by atoms with E-state index in [1.165, 1.54) is 20.2 Å². The van der Waals surface area contributed by atoms with Crippen LogP contribution in [0.1, 0.15) is 11.4 Å². The van der Waals surface area contributed by atoms with Gasteiger partial charge >= 0.3 is 10.2 Å². The molecule has 3 aromatic rings. The summed E-state index contributed by atoms with van der Waals surface area (Å²) in [4.78, 5) is 4.29. The van der Waals surface area contributed by atoms with E-state index in [1.54, 1.807) is 36.4 Å². The Morgan fingerprint density at radius 2 is 1.74 bits per heavy atom. The van der Waals surface area contributed by atoms with Crippen LogP contribution < -0.4 is 0 Å². The van der Waals surface area contributed by atoms with Crippen molar-refractivity contribution in [1.29, 1.82) is 0 Å². The number of rotatable bonds is 5. The minimum atomic E-state index is -3.94. The number of nitrogens with zero attached hydrogens (tertiary/aromatic N) is 4. The van der Waals surface area contributed by atoms with Crippen molar-refractivity contribution in [3.63, 3.8) is 0 Å². The average molecular weight is 405 g/mol. The molecule has 1 N–H and O–H groups in total. The lowest BCUT2D eigenvalue weighted by Crippen LogP contribution is -2.30. The normalized spacial score (nSPS) is 12.1. The fourth-order valence-electron chi connectivity index (χ4n) is 2.30. The van der Waals surface area contributed by atoms with E-state index in [-0.39, 0.29) is 23.0 Å². The van der Waals surface area contributed by atoms with Gasteiger partial charge in [-0.15, -0.1) is 9.19 Å². The van der Waals surface area contributed by atoms with E-state index in [4.69, 9.17) is 11.6 Å². The second-order valence-corrected chi connectivity index (χ2v) is 8.18. The predicted molar refractivity (Wildman–Crippen MR) is 106 cm³/mol. The van der Waals surface area contributed by atoms with Crippen LogP contribution in [0.3, 0.4) is 0 Å². The summed E-state index contributed by atoms with van der Waals surface area (Å²) in [6.07, 6.45) is 3.26. The van der Waals surface area contributed by atoms with Gasteiger partial charge in [-0.2, -0.15) is 12.7 Å². The fourth-order valence-corrected chi connectivity index (χ4v) is 3.35. The second kappa shape index (κ2) is 7.51. The molecule has 0 aliphatic rings. The van der Waals surface area contributed by atoms with Crippen LogP contribution in [0.2, 0.25) is 5.02 Å². The minimum absolute atomic E-state index is 0.0145. The largest absolute Gasteiger partial charge is 0.507 e. The molecule has 0 amide bonds.